The molecule has 0 saturated carbocycles. The second-order valence-electron chi connectivity index (χ2n) is 5.00. The Hall–Kier alpha value is -3.33. The van der Waals surface area contributed by atoms with E-state index in [1.807, 2.05) is 61.5 Å². The third-order valence-electron chi connectivity index (χ3n) is 3.40. The van der Waals surface area contributed by atoms with E-state index < -0.39 is 0 Å². The zero-order chi connectivity index (χ0) is 16.8. The van der Waals surface area contributed by atoms with Crippen molar-refractivity contribution >= 4 is 0 Å². The number of aromatic nitrogens is 3. The summed E-state index contributed by atoms with van der Waals surface area (Å²) < 4.78 is 11.4. The van der Waals surface area contributed by atoms with Gasteiger partial charge in [0.2, 0.25) is 0 Å². The van der Waals surface area contributed by atoms with Gasteiger partial charge in [-0.25, -0.2) is 0 Å². The van der Waals surface area contributed by atoms with E-state index in [4.69, 9.17) is 14.7 Å². The number of hydrogen-bond donors (Lipinski definition) is 1. The van der Waals surface area contributed by atoms with E-state index in [0.29, 0.717) is 24.7 Å². The maximum Gasteiger partial charge on any atom is 0.190 e. The second kappa shape index (κ2) is 7.29. The number of rotatable bonds is 6. The molecule has 1 aromatic heterocycles. The van der Waals surface area contributed by atoms with Crippen molar-refractivity contribution in [2.24, 2.45) is 0 Å². The Kier molecular flexibility index (Phi) is 4.73. The molecule has 0 aliphatic rings. The molecule has 3 aromatic rings. The fourth-order valence-corrected chi connectivity index (χ4v) is 2.32. The van der Waals surface area contributed by atoms with Crippen LogP contribution in [0.2, 0.25) is 0 Å². The molecule has 0 fully saturated rings. The topological polar surface area (TPSA) is 83.8 Å². The SMILES string of the molecule is CCOc1ccccc1OCc1cccc(-c2n[nH]nc2C#N)c1. The smallest absolute Gasteiger partial charge is 0.190 e. The molecule has 0 spiro atoms. The zero-order valence-electron chi connectivity index (χ0n) is 13.2. The molecular formula is C18H16N4O2. The van der Waals surface area contributed by atoms with Crippen LogP contribution >= 0.6 is 0 Å². The lowest BCUT2D eigenvalue weighted by Gasteiger charge is -2.12. The van der Waals surface area contributed by atoms with E-state index in [1.54, 1.807) is 0 Å². The number of para-hydroxylation sites is 2. The molecule has 0 atom stereocenters. The van der Waals surface area contributed by atoms with Crippen LogP contribution in [0.4, 0.5) is 0 Å². The van der Waals surface area contributed by atoms with Crippen LogP contribution in [0.15, 0.2) is 48.5 Å². The Morgan fingerprint density at radius 2 is 1.83 bits per heavy atom. The minimum absolute atomic E-state index is 0.273. The van der Waals surface area contributed by atoms with Gasteiger partial charge in [0.15, 0.2) is 17.2 Å². The van der Waals surface area contributed by atoms with Crippen molar-refractivity contribution in [1.82, 2.24) is 15.4 Å². The van der Waals surface area contributed by atoms with Gasteiger partial charge in [0.25, 0.3) is 0 Å². The standard InChI is InChI=1S/C18H16N4O2/c1-2-23-16-8-3-4-9-17(16)24-12-13-6-5-7-14(10-13)18-15(11-19)20-22-21-18/h3-10H,2,12H2,1H3,(H,20,21,22). The van der Waals surface area contributed by atoms with Crippen LogP contribution in [-0.2, 0) is 6.61 Å². The molecule has 3 rings (SSSR count). The normalized spacial score (nSPS) is 10.2. The highest BCUT2D eigenvalue weighted by Gasteiger charge is 2.10. The highest BCUT2D eigenvalue weighted by molar-refractivity contribution is 5.64. The van der Waals surface area contributed by atoms with Gasteiger partial charge in [-0.2, -0.15) is 15.6 Å². The number of nitrogens with zero attached hydrogens (tertiary/aromatic N) is 3. The highest BCUT2D eigenvalue weighted by atomic mass is 16.5. The van der Waals surface area contributed by atoms with Gasteiger partial charge in [0.05, 0.1) is 6.61 Å². The molecule has 6 nitrogen and oxygen atoms in total. The van der Waals surface area contributed by atoms with E-state index in [2.05, 4.69) is 15.4 Å². The van der Waals surface area contributed by atoms with Gasteiger partial charge in [0, 0.05) is 5.56 Å². The van der Waals surface area contributed by atoms with Crippen LogP contribution in [0.1, 0.15) is 18.2 Å². The van der Waals surface area contributed by atoms with Crippen LogP contribution in [0.5, 0.6) is 11.5 Å². The molecule has 0 saturated heterocycles. The number of benzene rings is 2. The van der Waals surface area contributed by atoms with E-state index in [9.17, 15) is 0 Å². The largest absolute Gasteiger partial charge is 0.490 e. The lowest BCUT2D eigenvalue weighted by Crippen LogP contribution is -1.99. The number of nitriles is 1. The molecule has 0 radical (unpaired) electrons. The summed E-state index contributed by atoms with van der Waals surface area (Å²) in [5.41, 5.74) is 2.59. The average Bonchev–Trinajstić information content (AvgIpc) is 3.10. The molecule has 1 heterocycles. The first-order chi connectivity index (χ1) is 11.8. The number of H-pyrrole nitrogens is 1. The Labute approximate surface area is 139 Å². The summed E-state index contributed by atoms with van der Waals surface area (Å²) in [5.74, 6) is 1.42. The summed E-state index contributed by atoms with van der Waals surface area (Å²) in [4.78, 5) is 0. The molecule has 24 heavy (non-hydrogen) atoms. The number of nitrogens with one attached hydrogen (secondary N) is 1. The van der Waals surface area contributed by atoms with Crippen molar-refractivity contribution in [2.75, 3.05) is 6.61 Å². The van der Waals surface area contributed by atoms with Crippen LogP contribution in [0, 0.1) is 11.3 Å². The van der Waals surface area contributed by atoms with Crippen LogP contribution in [0.25, 0.3) is 11.3 Å². The Morgan fingerprint density at radius 1 is 1.04 bits per heavy atom. The van der Waals surface area contributed by atoms with Gasteiger partial charge >= 0.3 is 0 Å². The van der Waals surface area contributed by atoms with Crippen molar-refractivity contribution in [2.45, 2.75) is 13.5 Å². The maximum absolute atomic E-state index is 9.06. The lowest BCUT2D eigenvalue weighted by atomic mass is 10.1. The summed E-state index contributed by atoms with van der Waals surface area (Å²) in [7, 11) is 0. The van der Waals surface area contributed by atoms with Gasteiger partial charge in [-0.1, -0.05) is 30.3 Å². The van der Waals surface area contributed by atoms with Crippen LogP contribution in [0.3, 0.4) is 0 Å². The van der Waals surface area contributed by atoms with E-state index in [-0.39, 0.29) is 5.69 Å². The van der Waals surface area contributed by atoms with Crippen molar-refractivity contribution in [3.8, 4) is 28.8 Å². The van der Waals surface area contributed by atoms with Gasteiger partial charge in [0.1, 0.15) is 18.4 Å². The fraction of sp³-hybridized carbons (Fsp3) is 0.167. The van der Waals surface area contributed by atoms with Crippen molar-refractivity contribution in [3.05, 3.63) is 59.8 Å². The molecule has 2 aromatic carbocycles. The summed E-state index contributed by atoms with van der Waals surface area (Å²) in [5, 5.41) is 19.4. The summed E-state index contributed by atoms with van der Waals surface area (Å²) in [6.45, 7) is 2.90. The third-order valence-corrected chi connectivity index (χ3v) is 3.40. The van der Waals surface area contributed by atoms with Gasteiger partial charge in [-0.05, 0) is 30.7 Å². The first kappa shape index (κ1) is 15.6. The molecule has 0 bridgehead atoms. The van der Waals surface area contributed by atoms with Crippen molar-refractivity contribution in [1.29, 1.82) is 5.26 Å². The van der Waals surface area contributed by atoms with Crippen LogP contribution in [-0.4, -0.2) is 22.0 Å². The molecule has 0 amide bonds. The number of aromatic amines is 1. The second-order valence-corrected chi connectivity index (χ2v) is 5.00. The molecule has 0 aliphatic heterocycles. The van der Waals surface area contributed by atoms with E-state index in [1.165, 1.54) is 0 Å². The summed E-state index contributed by atoms with van der Waals surface area (Å²) in [6, 6.07) is 17.3. The van der Waals surface area contributed by atoms with E-state index >= 15 is 0 Å². The van der Waals surface area contributed by atoms with Crippen LogP contribution < -0.4 is 9.47 Å². The first-order valence-corrected chi connectivity index (χ1v) is 7.56. The van der Waals surface area contributed by atoms with Gasteiger partial charge < -0.3 is 9.47 Å². The molecule has 0 unspecified atom stereocenters. The Bertz CT molecular complexity index is 867. The first-order valence-electron chi connectivity index (χ1n) is 7.56. The summed E-state index contributed by atoms with van der Waals surface area (Å²) >= 11 is 0. The minimum Gasteiger partial charge on any atom is -0.490 e. The lowest BCUT2D eigenvalue weighted by molar-refractivity contribution is 0.269. The molecular weight excluding hydrogens is 304 g/mol. The Morgan fingerprint density at radius 3 is 2.58 bits per heavy atom. The third kappa shape index (κ3) is 3.36. The molecule has 1 N–H and O–H groups in total. The van der Waals surface area contributed by atoms with E-state index in [0.717, 1.165) is 16.9 Å². The predicted octanol–water partition coefficient (Wildman–Crippen LogP) is 3.32. The summed E-state index contributed by atoms with van der Waals surface area (Å²) in [6.07, 6.45) is 0. The average molecular weight is 320 g/mol. The monoisotopic (exact) mass is 320 g/mol. The predicted molar refractivity (Wildman–Crippen MR) is 88.5 cm³/mol. The Balaban J connectivity index is 1.78. The fourth-order valence-electron chi connectivity index (χ4n) is 2.32. The quantitative estimate of drug-likeness (QED) is 0.753. The van der Waals surface area contributed by atoms with Gasteiger partial charge in [-0.3, -0.25) is 0 Å². The molecule has 0 aliphatic carbocycles. The van der Waals surface area contributed by atoms with Gasteiger partial charge in [-0.15, -0.1) is 5.10 Å². The maximum atomic E-state index is 9.06. The number of hydrogen-bond acceptors (Lipinski definition) is 5. The molecule has 120 valence electrons. The van der Waals surface area contributed by atoms with Crippen molar-refractivity contribution < 1.29 is 9.47 Å². The highest BCUT2D eigenvalue weighted by Crippen LogP contribution is 2.28. The zero-order valence-corrected chi connectivity index (χ0v) is 13.2. The number of ether oxygens (including phenoxy) is 2. The van der Waals surface area contributed by atoms with Crippen molar-refractivity contribution in [3.63, 3.8) is 0 Å². The minimum atomic E-state index is 0.273. The molecule has 6 heteroatoms.